The Balaban J connectivity index is 1.75. The summed E-state index contributed by atoms with van der Waals surface area (Å²) in [6.07, 6.45) is 5.13. The third-order valence-corrected chi connectivity index (χ3v) is 5.13. The summed E-state index contributed by atoms with van der Waals surface area (Å²) in [5.41, 5.74) is 1.96. The van der Waals surface area contributed by atoms with Crippen LogP contribution in [0.2, 0.25) is 0 Å². The zero-order chi connectivity index (χ0) is 19.2. The number of nitrogens with zero attached hydrogens (tertiary/aromatic N) is 1. The molecule has 1 amide bonds. The van der Waals surface area contributed by atoms with Gasteiger partial charge < -0.3 is 9.64 Å². The van der Waals surface area contributed by atoms with E-state index >= 15 is 0 Å². The fraction of sp³-hybridized carbons (Fsp3) is 0.636. The van der Waals surface area contributed by atoms with Gasteiger partial charge in [0.05, 0.1) is 6.10 Å². The maximum atomic E-state index is 12.3. The van der Waals surface area contributed by atoms with Crippen molar-refractivity contribution < 1.29 is 14.3 Å². The molecule has 1 saturated heterocycles. The molecule has 0 N–H and O–H groups in total. The first-order valence-corrected chi connectivity index (χ1v) is 9.76. The first kappa shape index (κ1) is 20.6. The van der Waals surface area contributed by atoms with Crippen molar-refractivity contribution in [1.82, 2.24) is 4.90 Å². The molecule has 2 rings (SSSR count). The molecule has 144 valence electrons. The zero-order valence-electron chi connectivity index (χ0n) is 16.7. The third-order valence-electron chi connectivity index (χ3n) is 5.13. The van der Waals surface area contributed by atoms with Gasteiger partial charge >= 0.3 is 0 Å². The molecular weight excluding hydrogens is 326 g/mol. The lowest BCUT2D eigenvalue weighted by atomic mass is 9.86. The lowest BCUT2D eigenvalue weighted by molar-refractivity contribution is -0.130. The second kappa shape index (κ2) is 9.31. The van der Waals surface area contributed by atoms with Gasteiger partial charge in [0.15, 0.2) is 5.78 Å². The molecule has 1 aliphatic rings. The van der Waals surface area contributed by atoms with Crippen molar-refractivity contribution in [1.29, 1.82) is 0 Å². The average Bonchev–Trinajstić information content (AvgIpc) is 2.64. The summed E-state index contributed by atoms with van der Waals surface area (Å²) in [5, 5.41) is 0. The summed E-state index contributed by atoms with van der Waals surface area (Å²) < 4.78 is 5.71. The molecule has 0 bridgehead atoms. The van der Waals surface area contributed by atoms with Crippen molar-refractivity contribution in [3.05, 3.63) is 35.4 Å². The summed E-state index contributed by atoms with van der Waals surface area (Å²) >= 11 is 0. The smallest absolute Gasteiger partial charge is 0.222 e. The Kier molecular flexibility index (Phi) is 7.39. The Hall–Kier alpha value is -1.68. The number of rotatable bonds is 7. The van der Waals surface area contributed by atoms with Crippen molar-refractivity contribution in [2.75, 3.05) is 20.2 Å². The maximum absolute atomic E-state index is 12.3. The van der Waals surface area contributed by atoms with Gasteiger partial charge in [0.25, 0.3) is 0 Å². The highest BCUT2D eigenvalue weighted by atomic mass is 16.5. The molecule has 1 aromatic rings. The Bertz CT molecular complexity index is 595. The van der Waals surface area contributed by atoms with Crippen LogP contribution in [0.4, 0.5) is 0 Å². The maximum Gasteiger partial charge on any atom is 0.222 e. The Morgan fingerprint density at radius 1 is 1.12 bits per heavy atom. The summed E-state index contributed by atoms with van der Waals surface area (Å²) in [6, 6.07) is 7.76. The lowest BCUT2D eigenvalue weighted by Crippen LogP contribution is -2.31. The molecule has 1 unspecified atom stereocenters. The number of benzene rings is 1. The van der Waals surface area contributed by atoms with Gasteiger partial charge in [0, 0.05) is 38.6 Å². The van der Waals surface area contributed by atoms with Crippen LogP contribution >= 0.6 is 0 Å². The van der Waals surface area contributed by atoms with Crippen molar-refractivity contribution >= 4 is 11.7 Å². The summed E-state index contributed by atoms with van der Waals surface area (Å²) in [4.78, 5) is 26.3. The van der Waals surface area contributed by atoms with Crippen LogP contribution < -0.4 is 0 Å². The van der Waals surface area contributed by atoms with Crippen molar-refractivity contribution in [3.8, 4) is 0 Å². The van der Waals surface area contributed by atoms with Gasteiger partial charge in [-0.1, -0.05) is 45.0 Å². The number of ketones is 1. The van der Waals surface area contributed by atoms with E-state index in [1.54, 1.807) is 4.90 Å². The average molecular weight is 360 g/mol. The SMILES string of the molecule is CN(CCC1CCCCO1)C(=O)CCC(=O)c1ccc(C(C)(C)C)cc1. The van der Waals surface area contributed by atoms with Crippen LogP contribution in [0.15, 0.2) is 24.3 Å². The molecule has 1 heterocycles. The number of hydrogen-bond acceptors (Lipinski definition) is 3. The molecule has 26 heavy (non-hydrogen) atoms. The van der Waals surface area contributed by atoms with Crippen LogP contribution in [-0.2, 0) is 14.9 Å². The normalized spacial score (nSPS) is 17.8. The molecule has 4 nitrogen and oxygen atoms in total. The standard InChI is InChI=1S/C22H33NO3/c1-22(2,3)18-10-8-17(9-11-18)20(24)12-13-21(25)23(4)15-14-19-7-5-6-16-26-19/h8-11,19H,5-7,12-16H2,1-4H3. The minimum Gasteiger partial charge on any atom is -0.378 e. The fourth-order valence-corrected chi connectivity index (χ4v) is 3.21. The van der Waals surface area contributed by atoms with Crippen LogP contribution in [0, 0.1) is 0 Å². The van der Waals surface area contributed by atoms with Crippen molar-refractivity contribution in [3.63, 3.8) is 0 Å². The van der Waals surface area contributed by atoms with Crippen molar-refractivity contribution in [2.45, 2.75) is 70.8 Å². The highest BCUT2D eigenvalue weighted by Gasteiger charge is 2.18. The first-order chi connectivity index (χ1) is 12.3. The molecule has 1 aliphatic heterocycles. The highest BCUT2D eigenvalue weighted by Crippen LogP contribution is 2.22. The van der Waals surface area contributed by atoms with E-state index in [9.17, 15) is 9.59 Å². The van der Waals surface area contributed by atoms with Gasteiger partial charge in [-0.2, -0.15) is 0 Å². The molecule has 0 aromatic heterocycles. The summed E-state index contributed by atoms with van der Waals surface area (Å²) in [7, 11) is 1.81. The van der Waals surface area contributed by atoms with E-state index in [2.05, 4.69) is 20.8 Å². The predicted octanol–water partition coefficient (Wildman–Crippen LogP) is 4.36. The molecule has 1 fully saturated rings. The molecule has 1 aromatic carbocycles. The topological polar surface area (TPSA) is 46.6 Å². The van der Waals surface area contributed by atoms with Crippen molar-refractivity contribution in [2.24, 2.45) is 0 Å². The molecule has 1 atom stereocenters. The van der Waals surface area contributed by atoms with E-state index in [-0.39, 0.29) is 36.1 Å². The van der Waals surface area contributed by atoms with E-state index in [1.807, 2.05) is 31.3 Å². The molecule has 0 saturated carbocycles. The Morgan fingerprint density at radius 2 is 1.81 bits per heavy atom. The summed E-state index contributed by atoms with van der Waals surface area (Å²) in [6.45, 7) is 7.98. The number of carbonyl (C=O) groups excluding carboxylic acids is 2. The first-order valence-electron chi connectivity index (χ1n) is 9.76. The van der Waals surface area contributed by atoms with E-state index in [0.29, 0.717) is 12.1 Å². The van der Waals surface area contributed by atoms with Gasteiger partial charge in [-0.25, -0.2) is 0 Å². The predicted molar refractivity (Wildman–Crippen MR) is 105 cm³/mol. The highest BCUT2D eigenvalue weighted by molar-refractivity contribution is 5.97. The Labute approximate surface area is 157 Å². The molecule has 0 spiro atoms. The minimum absolute atomic E-state index is 0.0282. The fourth-order valence-electron chi connectivity index (χ4n) is 3.21. The number of ether oxygens (including phenoxy) is 1. The van der Waals surface area contributed by atoms with E-state index in [4.69, 9.17) is 4.74 Å². The number of hydrogen-bond donors (Lipinski definition) is 0. The monoisotopic (exact) mass is 359 g/mol. The van der Waals surface area contributed by atoms with E-state index in [1.165, 1.54) is 12.0 Å². The largest absolute Gasteiger partial charge is 0.378 e. The van der Waals surface area contributed by atoms with Crippen LogP contribution in [-0.4, -0.2) is 42.9 Å². The molecule has 0 aliphatic carbocycles. The minimum atomic E-state index is 0.0282. The van der Waals surface area contributed by atoms with Gasteiger partial charge in [-0.05, 0) is 36.7 Å². The molecule has 4 heteroatoms. The van der Waals surface area contributed by atoms with Gasteiger partial charge in [0.2, 0.25) is 5.91 Å². The zero-order valence-corrected chi connectivity index (χ0v) is 16.7. The van der Waals surface area contributed by atoms with Gasteiger partial charge in [-0.3, -0.25) is 9.59 Å². The van der Waals surface area contributed by atoms with Crippen LogP contribution in [0.25, 0.3) is 0 Å². The van der Waals surface area contributed by atoms with Crippen LogP contribution in [0.1, 0.15) is 75.2 Å². The third kappa shape index (κ3) is 6.24. The van der Waals surface area contributed by atoms with E-state index in [0.717, 1.165) is 25.9 Å². The molecular formula is C22H33NO3. The number of amides is 1. The molecule has 0 radical (unpaired) electrons. The quantitative estimate of drug-likeness (QED) is 0.679. The number of Topliss-reactive ketones (excluding diaryl/α,β-unsaturated/α-hetero) is 1. The van der Waals surface area contributed by atoms with Gasteiger partial charge in [-0.15, -0.1) is 0 Å². The lowest BCUT2D eigenvalue weighted by Gasteiger charge is -2.25. The second-order valence-corrected chi connectivity index (χ2v) is 8.34. The van der Waals surface area contributed by atoms with E-state index < -0.39 is 0 Å². The van der Waals surface area contributed by atoms with Crippen LogP contribution in [0.3, 0.4) is 0 Å². The second-order valence-electron chi connectivity index (χ2n) is 8.34. The Morgan fingerprint density at radius 3 is 2.38 bits per heavy atom. The summed E-state index contributed by atoms with van der Waals surface area (Å²) in [5.74, 6) is 0.0586. The number of carbonyl (C=O) groups is 2. The van der Waals surface area contributed by atoms with Gasteiger partial charge in [0.1, 0.15) is 0 Å². The van der Waals surface area contributed by atoms with Crippen LogP contribution in [0.5, 0.6) is 0 Å².